The van der Waals surface area contributed by atoms with Gasteiger partial charge in [-0.1, -0.05) is 68.9 Å². The Kier molecular flexibility index (Phi) is 8.68. The molecule has 1 aliphatic rings. The smallest absolute Gasteiger partial charge is 1.00 e. The zero-order valence-electron chi connectivity index (χ0n) is 15.3. The largest absolute Gasteiger partial charge is 3.00 e. The van der Waals surface area contributed by atoms with E-state index in [-0.39, 0.29) is 51.0 Å². The molecule has 3 aromatic rings. The van der Waals surface area contributed by atoms with Crippen LogP contribution in [0.1, 0.15) is 35.1 Å². The van der Waals surface area contributed by atoms with Crippen LogP contribution < -0.4 is 30.0 Å². The number of aryl methyl sites for hydroxylation is 1. The molecular formula is C22H22Cl2SiZr. The van der Waals surface area contributed by atoms with Crippen molar-refractivity contribution in [2.75, 3.05) is 0 Å². The maximum Gasteiger partial charge on any atom is 3.00 e. The molecule has 1 atom stereocenters. The average molecular weight is 477 g/mol. The predicted molar refractivity (Wildman–Crippen MR) is 103 cm³/mol. The number of halogens is 2. The molecule has 0 aliphatic heterocycles. The molecule has 0 bridgehead atoms. The van der Waals surface area contributed by atoms with Gasteiger partial charge in [-0.25, -0.2) is 0 Å². The summed E-state index contributed by atoms with van der Waals surface area (Å²) in [7, 11) is -0.457. The van der Waals surface area contributed by atoms with Gasteiger partial charge in [-0.2, -0.15) is 0 Å². The second kappa shape index (κ2) is 9.60. The van der Waals surface area contributed by atoms with Gasteiger partial charge >= 0.3 is 26.2 Å². The fraction of sp³-hybridized carbons (Fsp3) is 0.227. The zero-order chi connectivity index (χ0) is 16.0. The van der Waals surface area contributed by atoms with Gasteiger partial charge in [-0.3, -0.25) is 0 Å². The molecule has 1 aliphatic carbocycles. The van der Waals surface area contributed by atoms with Crippen molar-refractivity contribution < 1.29 is 51.0 Å². The summed E-state index contributed by atoms with van der Waals surface area (Å²) < 4.78 is 0. The Labute approximate surface area is 190 Å². The van der Waals surface area contributed by atoms with E-state index >= 15 is 0 Å². The van der Waals surface area contributed by atoms with Crippen molar-refractivity contribution in [3.8, 4) is 0 Å². The first-order chi connectivity index (χ1) is 11.2. The van der Waals surface area contributed by atoms with Gasteiger partial charge in [0, 0.05) is 5.92 Å². The Balaban J connectivity index is 0.00000113. The van der Waals surface area contributed by atoms with Crippen LogP contribution in [-0.4, -0.2) is 8.80 Å². The fourth-order valence-corrected chi connectivity index (χ4v) is 5.25. The van der Waals surface area contributed by atoms with Crippen molar-refractivity contribution in [2.24, 2.45) is 0 Å². The van der Waals surface area contributed by atoms with E-state index < -0.39 is 8.80 Å². The van der Waals surface area contributed by atoms with Crippen molar-refractivity contribution in [1.82, 2.24) is 0 Å². The normalized spacial score (nSPS) is 14.5. The van der Waals surface area contributed by atoms with E-state index in [0.29, 0.717) is 5.92 Å². The Morgan fingerprint density at radius 3 is 2.42 bits per heavy atom. The van der Waals surface area contributed by atoms with Gasteiger partial charge in [0.2, 0.25) is 0 Å². The molecule has 2 radical (unpaired) electrons. The molecule has 0 nitrogen and oxygen atoms in total. The van der Waals surface area contributed by atoms with Crippen molar-refractivity contribution in [3.63, 3.8) is 0 Å². The van der Waals surface area contributed by atoms with Gasteiger partial charge in [0.15, 0.2) is 0 Å². The molecule has 0 aromatic heterocycles. The zero-order valence-corrected chi connectivity index (χ0v) is 20.3. The summed E-state index contributed by atoms with van der Waals surface area (Å²) in [4.78, 5) is 0. The number of benzene rings is 2. The van der Waals surface area contributed by atoms with Crippen LogP contribution in [-0.2, 0) is 32.6 Å². The van der Waals surface area contributed by atoms with Gasteiger partial charge < -0.3 is 24.8 Å². The van der Waals surface area contributed by atoms with E-state index in [1.807, 2.05) is 0 Å². The minimum absolute atomic E-state index is 0. The molecule has 0 saturated carbocycles. The van der Waals surface area contributed by atoms with E-state index in [9.17, 15) is 0 Å². The number of allylic oxidation sites excluding steroid dienone is 1. The van der Waals surface area contributed by atoms with Crippen LogP contribution >= 0.6 is 0 Å². The van der Waals surface area contributed by atoms with Gasteiger partial charge in [0.25, 0.3) is 0 Å². The van der Waals surface area contributed by atoms with Crippen molar-refractivity contribution in [2.45, 2.75) is 32.4 Å². The SMILES string of the molecule is CCc1c(C2C=Cc3ccccc32)[cH-]c2cccc([Si](C)C)c12.[Cl-].[Cl-].[Zr+3]. The fourth-order valence-electron chi connectivity index (χ4n) is 4.02. The van der Waals surface area contributed by atoms with E-state index in [0.717, 1.165) is 6.42 Å². The first-order valence-corrected chi connectivity index (χ1v) is 11.0. The number of rotatable bonds is 3. The number of fused-ring (bicyclic) bond motifs is 2. The van der Waals surface area contributed by atoms with Gasteiger partial charge in [0.05, 0.1) is 8.80 Å². The minimum atomic E-state index is -0.457. The van der Waals surface area contributed by atoms with E-state index in [1.54, 1.807) is 16.1 Å². The maximum atomic E-state index is 2.44. The summed E-state index contributed by atoms with van der Waals surface area (Å²) in [5.41, 5.74) is 5.91. The Morgan fingerprint density at radius 2 is 1.73 bits per heavy atom. The van der Waals surface area contributed by atoms with Crippen LogP contribution in [0, 0.1) is 0 Å². The quantitative estimate of drug-likeness (QED) is 0.345. The standard InChI is InChI=1S/C22H22Si.2ClH.Zr/c1-4-17-20(19-13-12-15-8-5-6-10-18(15)19)14-16-9-7-11-21(22(16)17)23(2)3;;;/h5-14,19H,4H2,1-3H3;2*1H;/q-1;;;+3/p-2. The van der Waals surface area contributed by atoms with Crippen LogP contribution in [0.4, 0.5) is 0 Å². The molecule has 0 N–H and O–H groups in total. The average Bonchev–Trinajstić information content (AvgIpc) is 3.14. The van der Waals surface area contributed by atoms with Crippen LogP contribution in [0.3, 0.4) is 0 Å². The number of hydrogen-bond acceptors (Lipinski definition) is 0. The molecule has 0 heterocycles. The third-order valence-corrected chi connectivity index (χ3v) is 6.58. The summed E-state index contributed by atoms with van der Waals surface area (Å²) >= 11 is 0. The first-order valence-electron chi connectivity index (χ1n) is 8.49. The molecule has 0 saturated heterocycles. The van der Waals surface area contributed by atoms with Gasteiger partial charge in [-0.15, -0.1) is 45.3 Å². The molecule has 0 fully saturated rings. The van der Waals surface area contributed by atoms with E-state index in [2.05, 4.69) is 80.7 Å². The Hall–Kier alpha value is -0.530. The first kappa shape index (κ1) is 23.5. The summed E-state index contributed by atoms with van der Waals surface area (Å²) in [5.74, 6) is 0.422. The Morgan fingerprint density at radius 1 is 1.00 bits per heavy atom. The molecule has 26 heavy (non-hydrogen) atoms. The molecule has 4 rings (SSSR count). The van der Waals surface area contributed by atoms with E-state index in [4.69, 9.17) is 0 Å². The monoisotopic (exact) mass is 474 g/mol. The van der Waals surface area contributed by atoms with Crippen LogP contribution in [0.25, 0.3) is 16.8 Å². The van der Waals surface area contributed by atoms with Crippen molar-refractivity contribution >= 4 is 30.8 Å². The summed E-state index contributed by atoms with van der Waals surface area (Å²) in [6.45, 7) is 7.10. The predicted octanol–water partition coefficient (Wildman–Crippen LogP) is -0.753. The summed E-state index contributed by atoms with van der Waals surface area (Å²) in [5, 5.41) is 4.56. The van der Waals surface area contributed by atoms with Crippen molar-refractivity contribution in [1.29, 1.82) is 0 Å². The third-order valence-electron chi connectivity index (χ3n) is 5.08. The van der Waals surface area contributed by atoms with Crippen LogP contribution in [0.15, 0.2) is 54.6 Å². The molecular weight excluding hydrogens is 454 g/mol. The van der Waals surface area contributed by atoms with Gasteiger partial charge in [0.1, 0.15) is 0 Å². The third kappa shape index (κ3) is 3.85. The van der Waals surface area contributed by atoms with E-state index in [1.165, 1.54) is 22.1 Å². The van der Waals surface area contributed by atoms with Crippen LogP contribution in [0.2, 0.25) is 13.1 Å². The molecule has 3 aromatic carbocycles. The molecule has 0 amide bonds. The number of hydrogen-bond donors (Lipinski definition) is 0. The molecule has 132 valence electrons. The van der Waals surface area contributed by atoms with Gasteiger partial charge in [-0.05, 0) is 11.1 Å². The molecule has 0 spiro atoms. The second-order valence-corrected chi connectivity index (χ2v) is 9.21. The second-order valence-electron chi connectivity index (χ2n) is 6.67. The van der Waals surface area contributed by atoms with Crippen LogP contribution in [0.5, 0.6) is 0 Å². The maximum absolute atomic E-state index is 2.44. The summed E-state index contributed by atoms with van der Waals surface area (Å²) in [6.07, 6.45) is 5.77. The minimum Gasteiger partial charge on any atom is -1.00 e. The molecule has 4 heteroatoms. The Bertz CT molecular complexity index is 912. The molecule has 1 unspecified atom stereocenters. The van der Waals surface area contributed by atoms with Crippen molar-refractivity contribution in [3.05, 3.63) is 76.9 Å². The summed E-state index contributed by atoms with van der Waals surface area (Å²) in [6, 6.07) is 18.1. The topological polar surface area (TPSA) is 0 Å².